The Labute approximate surface area is 91.4 Å². The van der Waals surface area contributed by atoms with Gasteiger partial charge in [-0.25, -0.2) is 8.42 Å². The molecule has 10 heavy (non-hydrogen) atoms. The summed E-state index contributed by atoms with van der Waals surface area (Å²) in [6.07, 6.45) is 0.922. The summed E-state index contributed by atoms with van der Waals surface area (Å²) in [6, 6.07) is 0. The maximum Gasteiger partial charge on any atom is 1.00 e. The first-order valence-electron chi connectivity index (χ1n) is 1.86. The van der Waals surface area contributed by atoms with Crippen LogP contribution in [0.15, 0.2) is 10.6 Å². The molecule has 0 aromatic heterocycles. The van der Waals surface area contributed by atoms with Crippen LogP contribution in [0, 0.1) is 0 Å². The second-order valence-electron chi connectivity index (χ2n) is 1.22. The SMILES string of the molecule is O=S(=O)([O-])CC=C(Cl)Cl.[Na+]. The molecule has 0 aromatic carbocycles. The van der Waals surface area contributed by atoms with Crippen molar-refractivity contribution in [1.29, 1.82) is 0 Å². The second kappa shape index (κ2) is 5.83. The van der Waals surface area contributed by atoms with Gasteiger partial charge in [0.1, 0.15) is 4.49 Å². The summed E-state index contributed by atoms with van der Waals surface area (Å²) in [6.45, 7) is 0. The molecule has 0 amide bonds. The van der Waals surface area contributed by atoms with Crippen molar-refractivity contribution in [2.45, 2.75) is 0 Å². The second-order valence-corrected chi connectivity index (χ2v) is 3.67. The van der Waals surface area contributed by atoms with Crippen LogP contribution in [0.1, 0.15) is 0 Å². The Hall–Kier alpha value is 1.23. The van der Waals surface area contributed by atoms with Gasteiger partial charge in [-0.15, -0.1) is 0 Å². The summed E-state index contributed by atoms with van der Waals surface area (Å²) in [4.78, 5) is 0. The summed E-state index contributed by atoms with van der Waals surface area (Å²) in [5, 5.41) is 0. The van der Waals surface area contributed by atoms with E-state index in [-0.39, 0.29) is 34.0 Å². The predicted molar refractivity (Wildman–Crippen MR) is 34.4 cm³/mol. The summed E-state index contributed by atoms with van der Waals surface area (Å²) >= 11 is 10.0. The molecule has 0 aliphatic heterocycles. The average molecular weight is 213 g/mol. The normalized spacial score (nSPS) is 9.90. The van der Waals surface area contributed by atoms with Crippen molar-refractivity contribution >= 4 is 33.3 Å². The van der Waals surface area contributed by atoms with Gasteiger partial charge in [-0.3, -0.25) is 0 Å². The van der Waals surface area contributed by atoms with E-state index in [1.54, 1.807) is 0 Å². The van der Waals surface area contributed by atoms with Gasteiger partial charge in [-0.1, -0.05) is 23.2 Å². The average Bonchev–Trinajstić information content (AvgIpc) is 1.59. The molecule has 0 radical (unpaired) electrons. The first kappa shape index (κ1) is 13.8. The topological polar surface area (TPSA) is 57.2 Å². The summed E-state index contributed by atoms with van der Waals surface area (Å²) < 4.78 is 29.2. The molecular weight excluding hydrogens is 210 g/mol. The Balaban J connectivity index is 0. The molecule has 0 aromatic rings. The Morgan fingerprint density at radius 3 is 2.00 bits per heavy atom. The van der Waals surface area contributed by atoms with E-state index >= 15 is 0 Å². The fraction of sp³-hybridized carbons (Fsp3) is 0.333. The van der Waals surface area contributed by atoms with Crippen molar-refractivity contribution in [3.8, 4) is 0 Å². The molecule has 0 heterocycles. The number of rotatable bonds is 2. The van der Waals surface area contributed by atoms with E-state index < -0.39 is 15.9 Å². The van der Waals surface area contributed by atoms with Crippen molar-refractivity contribution in [3.05, 3.63) is 10.6 Å². The first-order chi connectivity index (χ1) is 3.92. The van der Waals surface area contributed by atoms with Gasteiger partial charge in [0.05, 0.1) is 15.9 Å². The van der Waals surface area contributed by atoms with E-state index in [2.05, 4.69) is 0 Å². The number of hydrogen-bond acceptors (Lipinski definition) is 3. The smallest absolute Gasteiger partial charge is 0.748 e. The van der Waals surface area contributed by atoms with Crippen LogP contribution in [-0.4, -0.2) is 18.7 Å². The molecule has 0 aliphatic carbocycles. The van der Waals surface area contributed by atoms with Crippen LogP contribution >= 0.6 is 23.2 Å². The minimum absolute atomic E-state index is 0. The van der Waals surface area contributed by atoms with Crippen molar-refractivity contribution < 1.29 is 42.5 Å². The zero-order valence-electron chi connectivity index (χ0n) is 5.17. The van der Waals surface area contributed by atoms with Crippen molar-refractivity contribution in [3.63, 3.8) is 0 Å². The molecule has 0 atom stereocenters. The van der Waals surface area contributed by atoms with Gasteiger partial charge < -0.3 is 4.55 Å². The molecule has 3 nitrogen and oxygen atoms in total. The quantitative estimate of drug-likeness (QED) is 0.388. The molecule has 0 rings (SSSR count). The fourth-order valence-corrected chi connectivity index (χ4v) is 0.873. The Kier molecular flexibility index (Phi) is 8.04. The molecule has 0 unspecified atom stereocenters. The predicted octanol–water partition coefficient (Wildman–Crippen LogP) is -2.15. The van der Waals surface area contributed by atoms with Gasteiger partial charge in [0.15, 0.2) is 0 Å². The van der Waals surface area contributed by atoms with E-state index in [1.807, 2.05) is 0 Å². The van der Waals surface area contributed by atoms with E-state index in [0.717, 1.165) is 6.08 Å². The Morgan fingerprint density at radius 1 is 1.50 bits per heavy atom. The van der Waals surface area contributed by atoms with E-state index in [4.69, 9.17) is 23.2 Å². The molecule has 7 heteroatoms. The van der Waals surface area contributed by atoms with Gasteiger partial charge >= 0.3 is 29.6 Å². The van der Waals surface area contributed by atoms with Crippen LogP contribution < -0.4 is 29.6 Å². The maximum atomic E-state index is 9.82. The van der Waals surface area contributed by atoms with Crippen LogP contribution in [0.3, 0.4) is 0 Å². The van der Waals surface area contributed by atoms with Crippen molar-refractivity contribution in [2.75, 3.05) is 5.75 Å². The molecule has 0 spiro atoms. The van der Waals surface area contributed by atoms with Gasteiger partial charge in [0.25, 0.3) is 0 Å². The zero-order valence-corrected chi connectivity index (χ0v) is 9.50. The Morgan fingerprint density at radius 2 is 1.90 bits per heavy atom. The van der Waals surface area contributed by atoms with Gasteiger partial charge in [-0.05, 0) is 6.08 Å². The van der Waals surface area contributed by atoms with E-state index in [9.17, 15) is 13.0 Å². The molecule has 0 saturated heterocycles. The zero-order chi connectivity index (χ0) is 7.49. The van der Waals surface area contributed by atoms with Crippen LogP contribution in [0.2, 0.25) is 0 Å². The number of halogens is 2. The van der Waals surface area contributed by atoms with E-state index in [1.165, 1.54) is 0 Å². The fourth-order valence-electron chi connectivity index (χ4n) is 0.165. The van der Waals surface area contributed by atoms with Crippen LogP contribution in [0.5, 0.6) is 0 Å². The number of hydrogen-bond donors (Lipinski definition) is 0. The first-order valence-corrected chi connectivity index (χ1v) is 4.20. The maximum absolute atomic E-state index is 9.82. The third-order valence-electron chi connectivity index (χ3n) is 0.442. The molecule has 54 valence electrons. The minimum atomic E-state index is -4.21. The third-order valence-corrected chi connectivity index (χ3v) is 1.33. The molecule has 0 fully saturated rings. The van der Waals surface area contributed by atoms with Gasteiger partial charge in [0, 0.05) is 0 Å². The van der Waals surface area contributed by atoms with Crippen LogP contribution in [0.25, 0.3) is 0 Å². The van der Waals surface area contributed by atoms with Gasteiger partial charge in [0.2, 0.25) is 0 Å². The molecule has 0 aliphatic rings. The summed E-state index contributed by atoms with van der Waals surface area (Å²) in [5.74, 6) is -0.657. The monoisotopic (exact) mass is 212 g/mol. The van der Waals surface area contributed by atoms with Crippen LogP contribution in [0.4, 0.5) is 0 Å². The largest absolute Gasteiger partial charge is 1.00 e. The molecular formula is C3H3Cl2NaO3S. The van der Waals surface area contributed by atoms with Gasteiger partial charge in [-0.2, -0.15) is 0 Å². The molecule has 0 saturated carbocycles. The summed E-state index contributed by atoms with van der Waals surface area (Å²) in [5.41, 5.74) is 0. The third kappa shape index (κ3) is 12.0. The van der Waals surface area contributed by atoms with Crippen molar-refractivity contribution in [2.24, 2.45) is 0 Å². The Bertz CT molecular complexity index is 206. The van der Waals surface area contributed by atoms with Crippen molar-refractivity contribution in [1.82, 2.24) is 0 Å². The summed E-state index contributed by atoms with van der Waals surface area (Å²) in [7, 11) is -4.21. The molecule has 0 N–H and O–H groups in total. The minimum Gasteiger partial charge on any atom is -0.748 e. The molecule has 0 bridgehead atoms. The van der Waals surface area contributed by atoms with Crippen LogP contribution in [-0.2, 0) is 10.1 Å². The van der Waals surface area contributed by atoms with E-state index in [0.29, 0.717) is 0 Å². The standard InChI is InChI=1S/C3H4Cl2O3S.Na/c4-3(5)1-2-9(6,7)8;/h1H,2H2,(H,6,7,8);/q;+1/p-1.